The molecule has 0 amide bonds. The van der Waals surface area contributed by atoms with Gasteiger partial charge in [0.2, 0.25) is 0 Å². The molecular weight excluding hydrogens is 260 g/mol. The van der Waals surface area contributed by atoms with Crippen molar-refractivity contribution in [2.24, 2.45) is 27.5 Å². The molecule has 0 saturated heterocycles. The fraction of sp³-hybridized carbons (Fsp3) is 0.294. The van der Waals surface area contributed by atoms with Gasteiger partial charge in [0.15, 0.2) is 0 Å². The Kier molecular flexibility index (Phi) is 2.55. The Morgan fingerprint density at radius 2 is 1.24 bits per heavy atom. The SMILES string of the molecule is CC1(C)[C@@H]2C(c3ccccn3)=NN=C(c3ccccn3)[C@@H]21. The van der Waals surface area contributed by atoms with Gasteiger partial charge in [0, 0.05) is 24.2 Å². The average Bonchev–Trinajstić information content (AvgIpc) is 3.12. The molecule has 4 nitrogen and oxygen atoms in total. The lowest BCUT2D eigenvalue weighted by Crippen LogP contribution is -2.17. The molecule has 2 aromatic rings. The molecular formula is C17H16N4. The van der Waals surface area contributed by atoms with E-state index in [1.807, 2.05) is 36.4 Å². The van der Waals surface area contributed by atoms with Gasteiger partial charge >= 0.3 is 0 Å². The minimum atomic E-state index is 0.156. The fourth-order valence-corrected chi connectivity index (χ4v) is 3.34. The Morgan fingerprint density at radius 1 is 0.762 bits per heavy atom. The third kappa shape index (κ3) is 1.82. The van der Waals surface area contributed by atoms with Crippen LogP contribution in [0.1, 0.15) is 25.2 Å². The number of pyridine rings is 2. The topological polar surface area (TPSA) is 50.5 Å². The molecule has 21 heavy (non-hydrogen) atoms. The second kappa shape index (κ2) is 4.32. The normalized spacial score (nSPS) is 25.6. The van der Waals surface area contributed by atoms with Crippen molar-refractivity contribution < 1.29 is 0 Å². The minimum absolute atomic E-state index is 0.156. The summed E-state index contributed by atoms with van der Waals surface area (Å²) in [6.45, 7) is 4.54. The molecule has 4 heteroatoms. The second-order valence-electron chi connectivity index (χ2n) is 6.18. The van der Waals surface area contributed by atoms with Gasteiger partial charge in [-0.1, -0.05) is 26.0 Å². The van der Waals surface area contributed by atoms with E-state index in [2.05, 4.69) is 34.0 Å². The van der Waals surface area contributed by atoms with Gasteiger partial charge in [0.1, 0.15) is 0 Å². The predicted octanol–water partition coefficient (Wildman–Crippen LogP) is 2.96. The van der Waals surface area contributed by atoms with Crippen molar-refractivity contribution in [2.75, 3.05) is 0 Å². The van der Waals surface area contributed by atoms with Gasteiger partial charge in [-0.15, -0.1) is 0 Å². The van der Waals surface area contributed by atoms with Crippen LogP contribution in [0.25, 0.3) is 0 Å². The van der Waals surface area contributed by atoms with Crippen molar-refractivity contribution in [1.29, 1.82) is 0 Å². The van der Waals surface area contributed by atoms with Crippen molar-refractivity contribution >= 4 is 11.4 Å². The van der Waals surface area contributed by atoms with E-state index in [-0.39, 0.29) is 5.41 Å². The van der Waals surface area contributed by atoms with Crippen LogP contribution in [0.15, 0.2) is 59.0 Å². The first kappa shape index (κ1) is 12.4. The highest BCUT2D eigenvalue weighted by Crippen LogP contribution is 2.62. The van der Waals surface area contributed by atoms with Crippen LogP contribution in [0.2, 0.25) is 0 Å². The molecule has 0 N–H and O–H groups in total. The zero-order valence-corrected chi connectivity index (χ0v) is 12.1. The molecule has 3 heterocycles. The largest absolute Gasteiger partial charge is 0.255 e. The van der Waals surface area contributed by atoms with Crippen molar-refractivity contribution in [3.63, 3.8) is 0 Å². The third-order valence-corrected chi connectivity index (χ3v) is 4.54. The summed E-state index contributed by atoms with van der Waals surface area (Å²) in [5, 5.41) is 8.96. The van der Waals surface area contributed by atoms with Gasteiger partial charge < -0.3 is 0 Å². The van der Waals surface area contributed by atoms with Crippen LogP contribution in [0.3, 0.4) is 0 Å². The Labute approximate surface area is 123 Å². The number of hydrogen-bond acceptors (Lipinski definition) is 4. The monoisotopic (exact) mass is 276 g/mol. The van der Waals surface area contributed by atoms with E-state index in [1.54, 1.807) is 12.4 Å². The van der Waals surface area contributed by atoms with Crippen molar-refractivity contribution in [3.05, 3.63) is 60.2 Å². The van der Waals surface area contributed by atoms with E-state index >= 15 is 0 Å². The Bertz CT molecular complexity index is 668. The van der Waals surface area contributed by atoms with Crippen molar-refractivity contribution in [3.8, 4) is 0 Å². The first-order chi connectivity index (χ1) is 10.2. The third-order valence-electron chi connectivity index (χ3n) is 4.54. The number of rotatable bonds is 2. The summed E-state index contributed by atoms with van der Waals surface area (Å²) < 4.78 is 0. The van der Waals surface area contributed by atoms with E-state index in [0.717, 1.165) is 22.8 Å². The van der Waals surface area contributed by atoms with Gasteiger partial charge in [0.25, 0.3) is 0 Å². The van der Waals surface area contributed by atoms with Crippen molar-refractivity contribution in [2.45, 2.75) is 13.8 Å². The lowest BCUT2D eigenvalue weighted by Gasteiger charge is -2.10. The highest BCUT2D eigenvalue weighted by molar-refractivity contribution is 6.14. The van der Waals surface area contributed by atoms with Gasteiger partial charge in [-0.25, -0.2) is 0 Å². The summed E-state index contributed by atoms with van der Waals surface area (Å²) in [4.78, 5) is 8.85. The maximum atomic E-state index is 4.48. The standard InChI is InChI=1S/C17H16N4/c1-17(2)13-14(17)16(12-8-4-6-10-19-12)21-20-15(13)11-7-3-5-9-18-11/h3-10,13-14H,1-2H3/t13-,14+. The quantitative estimate of drug-likeness (QED) is 0.846. The number of nitrogens with zero attached hydrogens (tertiary/aromatic N) is 4. The number of aromatic nitrogens is 2. The molecule has 2 aromatic heterocycles. The molecule has 0 spiro atoms. The molecule has 4 rings (SSSR count). The zero-order chi connectivity index (χ0) is 14.4. The second-order valence-corrected chi connectivity index (χ2v) is 6.18. The van der Waals surface area contributed by atoms with E-state index in [0.29, 0.717) is 11.8 Å². The molecule has 1 aliphatic carbocycles. The van der Waals surface area contributed by atoms with E-state index in [4.69, 9.17) is 0 Å². The lowest BCUT2D eigenvalue weighted by atomic mass is 10.0. The molecule has 1 aliphatic heterocycles. The molecule has 2 atom stereocenters. The maximum Gasteiger partial charge on any atom is 0.0929 e. The Hall–Kier alpha value is -2.36. The smallest absolute Gasteiger partial charge is 0.0929 e. The molecule has 1 fully saturated rings. The Morgan fingerprint density at radius 3 is 1.62 bits per heavy atom. The minimum Gasteiger partial charge on any atom is -0.255 e. The highest BCUT2D eigenvalue weighted by Gasteiger charge is 2.64. The molecule has 0 radical (unpaired) electrons. The predicted molar refractivity (Wildman–Crippen MR) is 82.3 cm³/mol. The van der Waals surface area contributed by atoms with Crippen LogP contribution in [0.5, 0.6) is 0 Å². The van der Waals surface area contributed by atoms with Gasteiger partial charge in [-0.05, 0) is 29.7 Å². The van der Waals surface area contributed by atoms with Gasteiger partial charge in [-0.2, -0.15) is 10.2 Å². The van der Waals surface area contributed by atoms with E-state index in [1.165, 1.54) is 0 Å². The van der Waals surface area contributed by atoms with Crippen LogP contribution in [0, 0.1) is 17.3 Å². The lowest BCUT2D eigenvalue weighted by molar-refractivity contribution is 0.603. The maximum absolute atomic E-state index is 4.48. The summed E-state index contributed by atoms with van der Waals surface area (Å²) in [5.41, 5.74) is 4.03. The van der Waals surface area contributed by atoms with Gasteiger partial charge in [0.05, 0.1) is 22.8 Å². The highest BCUT2D eigenvalue weighted by atomic mass is 15.2. The average molecular weight is 276 g/mol. The van der Waals surface area contributed by atoms with Crippen LogP contribution in [-0.2, 0) is 0 Å². The van der Waals surface area contributed by atoms with Crippen LogP contribution >= 0.6 is 0 Å². The number of fused-ring (bicyclic) bond motifs is 1. The molecule has 0 aromatic carbocycles. The molecule has 0 unspecified atom stereocenters. The molecule has 0 bridgehead atoms. The molecule has 2 aliphatic rings. The van der Waals surface area contributed by atoms with Crippen LogP contribution < -0.4 is 0 Å². The first-order valence-electron chi connectivity index (χ1n) is 7.18. The van der Waals surface area contributed by atoms with Crippen molar-refractivity contribution in [1.82, 2.24) is 9.97 Å². The summed E-state index contributed by atoms with van der Waals surface area (Å²) in [6.07, 6.45) is 3.61. The van der Waals surface area contributed by atoms with Gasteiger partial charge in [-0.3, -0.25) is 9.97 Å². The van der Waals surface area contributed by atoms with E-state index in [9.17, 15) is 0 Å². The Balaban J connectivity index is 1.80. The summed E-state index contributed by atoms with van der Waals surface area (Å²) in [5.74, 6) is 0.754. The van der Waals surface area contributed by atoms with E-state index < -0.39 is 0 Å². The summed E-state index contributed by atoms with van der Waals surface area (Å²) in [7, 11) is 0. The molecule has 104 valence electrons. The first-order valence-corrected chi connectivity index (χ1v) is 7.18. The van der Waals surface area contributed by atoms with Crippen LogP contribution in [0.4, 0.5) is 0 Å². The summed E-state index contributed by atoms with van der Waals surface area (Å²) in [6, 6.07) is 11.8. The zero-order valence-electron chi connectivity index (χ0n) is 12.1. The molecule has 1 saturated carbocycles. The number of hydrogen-bond donors (Lipinski definition) is 0. The van der Waals surface area contributed by atoms with Crippen LogP contribution in [-0.4, -0.2) is 21.4 Å². The summed E-state index contributed by atoms with van der Waals surface area (Å²) >= 11 is 0. The fourth-order valence-electron chi connectivity index (χ4n) is 3.34.